The first-order valence-electron chi connectivity index (χ1n) is 8.60. The van der Waals surface area contributed by atoms with Crippen LogP contribution >= 0.6 is 11.3 Å². The van der Waals surface area contributed by atoms with Gasteiger partial charge in [-0.05, 0) is 45.0 Å². The summed E-state index contributed by atoms with van der Waals surface area (Å²) in [6.07, 6.45) is 1.61. The molecule has 8 nitrogen and oxygen atoms in total. The molecule has 0 fully saturated rings. The van der Waals surface area contributed by atoms with E-state index in [1.165, 1.54) is 11.3 Å². The van der Waals surface area contributed by atoms with E-state index in [2.05, 4.69) is 25.0 Å². The summed E-state index contributed by atoms with van der Waals surface area (Å²) in [5.41, 5.74) is 1.79. The second kappa shape index (κ2) is 8.21. The molecule has 3 N–H and O–H groups in total. The van der Waals surface area contributed by atoms with Crippen molar-refractivity contribution < 1.29 is 8.42 Å². The molecule has 0 saturated carbocycles. The lowest BCUT2D eigenvalue weighted by Gasteiger charge is -2.08. The van der Waals surface area contributed by atoms with E-state index in [0.717, 1.165) is 4.88 Å². The van der Waals surface area contributed by atoms with Crippen LogP contribution in [0.15, 0.2) is 39.5 Å². The summed E-state index contributed by atoms with van der Waals surface area (Å²) in [6, 6.07) is 6.92. The molecule has 0 amide bonds. The van der Waals surface area contributed by atoms with Gasteiger partial charge in [0.15, 0.2) is 0 Å². The van der Waals surface area contributed by atoms with Crippen molar-refractivity contribution in [1.82, 2.24) is 19.7 Å². The molecule has 0 aliphatic rings. The third kappa shape index (κ3) is 4.64. The molecule has 0 unspecified atom stereocenters. The molecule has 28 heavy (non-hydrogen) atoms. The van der Waals surface area contributed by atoms with E-state index in [4.69, 9.17) is 0 Å². The summed E-state index contributed by atoms with van der Waals surface area (Å²) in [6.45, 7) is 5.99. The molecule has 0 saturated heterocycles. The molecule has 0 spiro atoms. The average molecular weight is 420 g/mol. The van der Waals surface area contributed by atoms with Crippen LogP contribution in [-0.4, -0.2) is 36.5 Å². The second-order valence-corrected chi connectivity index (χ2v) is 9.53. The summed E-state index contributed by atoms with van der Waals surface area (Å²) in [5.74, 6) is 1.06. The van der Waals surface area contributed by atoms with Gasteiger partial charge in [0.05, 0.1) is 0 Å². The number of aromatic amines is 1. The van der Waals surface area contributed by atoms with Crippen LogP contribution in [0.5, 0.6) is 0 Å². The van der Waals surface area contributed by atoms with Crippen LogP contribution in [0.25, 0.3) is 11.4 Å². The molecule has 3 heterocycles. The summed E-state index contributed by atoms with van der Waals surface area (Å²) in [7, 11) is -3.48. The Bertz CT molecular complexity index is 1130. The van der Waals surface area contributed by atoms with E-state index >= 15 is 0 Å². The summed E-state index contributed by atoms with van der Waals surface area (Å²) in [4.78, 5) is 24.2. The van der Waals surface area contributed by atoms with E-state index < -0.39 is 10.0 Å². The molecule has 148 valence electrons. The number of aromatic nitrogens is 3. The number of H-pyrrole nitrogens is 1. The van der Waals surface area contributed by atoms with Crippen LogP contribution in [-0.2, 0) is 10.0 Å². The first-order valence-corrected chi connectivity index (χ1v) is 10.9. The highest BCUT2D eigenvalue weighted by molar-refractivity contribution is 7.91. The lowest BCUT2D eigenvalue weighted by molar-refractivity contribution is 0.585. The van der Waals surface area contributed by atoms with Crippen molar-refractivity contribution >= 4 is 27.2 Å². The lowest BCUT2D eigenvalue weighted by atomic mass is 10.2. The fourth-order valence-electron chi connectivity index (χ4n) is 2.42. The molecule has 0 bridgehead atoms. The van der Waals surface area contributed by atoms with Crippen LogP contribution in [0.4, 0.5) is 5.82 Å². The summed E-state index contributed by atoms with van der Waals surface area (Å²) < 4.78 is 27.2. The molecule has 10 heteroatoms. The Balaban J connectivity index is 1.57. The number of hydrogen-bond donors (Lipinski definition) is 3. The maximum Gasteiger partial charge on any atom is 0.254 e. The van der Waals surface area contributed by atoms with Crippen molar-refractivity contribution in [2.24, 2.45) is 0 Å². The van der Waals surface area contributed by atoms with Crippen molar-refractivity contribution in [3.05, 3.63) is 57.0 Å². The number of rotatable bonds is 7. The zero-order chi connectivity index (χ0) is 20.3. The molecule has 0 aliphatic carbocycles. The predicted octanol–water partition coefficient (Wildman–Crippen LogP) is 2.21. The van der Waals surface area contributed by atoms with Gasteiger partial charge in [0.2, 0.25) is 10.0 Å². The largest absolute Gasteiger partial charge is 0.369 e. The number of thiophene rings is 1. The standard InChI is InChI=1S/C18H21N5O3S2/c1-11-4-7-16(27-11)28(25,26)21-9-8-19-15-6-5-14(10-20-15)17-22-13(3)12(2)18(24)23-17/h4-7,10,21H,8-9H2,1-3H3,(H,19,20)(H,22,23,24). The molecule has 0 radical (unpaired) electrons. The Morgan fingerprint density at radius 3 is 2.50 bits per heavy atom. The van der Waals surface area contributed by atoms with Crippen LogP contribution < -0.4 is 15.6 Å². The van der Waals surface area contributed by atoms with Crippen LogP contribution in [0, 0.1) is 20.8 Å². The zero-order valence-corrected chi connectivity index (χ0v) is 17.4. The first-order chi connectivity index (χ1) is 13.3. The highest BCUT2D eigenvalue weighted by Gasteiger charge is 2.15. The SMILES string of the molecule is Cc1ccc(S(=O)(=O)NCCNc2ccc(-c3nc(C)c(C)c(=O)[nH]3)cn2)s1. The second-order valence-electron chi connectivity index (χ2n) is 6.25. The number of sulfonamides is 1. The normalized spacial score (nSPS) is 11.5. The highest BCUT2D eigenvalue weighted by Crippen LogP contribution is 2.20. The van der Waals surface area contributed by atoms with Crippen molar-refractivity contribution in [3.8, 4) is 11.4 Å². The molecule has 3 rings (SSSR count). The van der Waals surface area contributed by atoms with E-state index in [0.29, 0.717) is 39.2 Å². The van der Waals surface area contributed by atoms with Gasteiger partial charge in [-0.25, -0.2) is 23.1 Å². The van der Waals surface area contributed by atoms with Gasteiger partial charge >= 0.3 is 0 Å². The number of hydrogen-bond acceptors (Lipinski definition) is 7. The van der Waals surface area contributed by atoms with Crippen molar-refractivity contribution in [1.29, 1.82) is 0 Å². The van der Waals surface area contributed by atoms with E-state index in [9.17, 15) is 13.2 Å². The average Bonchev–Trinajstić information content (AvgIpc) is 3.11. The monoisotopic (exact) mass is 419 g/mol. The van der Waals surface area contributed by atoms with Crippen molar-refractivity contribution in [3.63, 3.8) is 0 Å². The Morgan fingerprint density at radius 2 is 1.89 bits per heavy atom. The number of pyridine rings is 1. The van der Waals surface area contributed by atoms with Crippen LogP contribution in [0.2, 0.25) is 0 Å². The number of nitrogens with one attached hydrogen (secondary N) is 3. The lowest BCUT2D eigenvalue weighted by Crippen LogP contribution is -2.28. The fourth-order valence-corrected chi connectivity index (χ4v) is 4.78. The smallest absolute Gasteiger partial charge is 0.254 e. The maximum atomic E-state index is 12.2. The quantitative estimate of drug-likeness (QED) is 0.506. The van der Waals surface area contributed by atoms with Gasteiger partial charge < -0.3 is 10.3 Å². The fraction of sp³-hybridized carbons (Fsp3) is 0.278. The minimum absolute atomic E-state index is 0.169. The van der Waals surface area contributed by atoms with Crippen LogP contribution in [0.3, 0.4) is 0 Å². The minimum Gasteiger partial charge on any atom is -0.369 e. The van der Waals surface area contributed by atoms with Gasteiger partial charge in [0.25, 0.3) is 5.56 Å². The van der Waals surface area contributed by atoms with Crippen molar-refractivity contribution in [2.45, 2.75) is 25.0 Å². The number of anilines is 1. The minimum atomic E-state index is -3.48. The van der Waals surface area contributed by atoms with E-state index in [-0.39, 0.29) is 12.1 Å². The number of nitrogens with zero attached hydrogens (tertiary/aromatic N) is 2. The molecule has 3 aromatic rings. The van der Waals surface area contributed by atoms with E-state index in [1.54, 1.807) is 44.3 Å². The van der Waals surface area contributed by atoms with Crippen molar-refractivity contribution in [2.75, 3.05) is 18.4 Å². The Kier molecular flexibility index (Phi) is 5.92. The molecule has 0 atom stereocenters. The predicted molar refractivity (Wildman–Crippen MR) is 110 cm³/mol. The third-order valence-corrected chi connectivity index (χ3v) is 7.09. The Morgan fingerprint density at radius 1 is 1.11 bits per heavy atom. The van der Waals surface area contributed by atoms with Gasteiger partial charge in [-0.15, -0.1) is 11.3 Å². The maximum absolute atomic E-state index is 12.2. The van der Waals surface area contributed by atoms with Gasteiger partial charge in [-0.2, -0.15) is 0 Å². The molecular formula is C18H21N5O3S2. The molecule has 0 aliphatic heterocycles. The van der Waals surface area contributed by atoms with Gasteiger partial charge in [-0.3, -0.25) is 4.79 Å². The molecule has 0 aromatic carbocycles. The van der Waals surface area contributed by atoms with Gasteiger partial charge in [0.1, 0.15) is 15.9 Å². The summed E-state index contributed by atoms with van der Waals surface area (Å²) in [5, 5.41) is 3.06. The van der Waals surface area contributed by atoms with E-state index in [1.807, 2.05) is 6.92 Å². The Hall–Kier alpha value is -2.56. The van der Waals surface area contributed by atoms with Crippen LogP contribution in [0.1, 0.15) is 16.1 Å². The summed E-state index contributed by atoms with van der Waals surface area (Å²) >= 11 is 1.24. The first kappa shape index (κ1) is 20.2. The molecular weight excluding hydrogens is 398 g/mol. The van der Waals surface area contributed by atoms with Gasteiger partial charge in [-0.1, -0.05) is 0 Å². The Labute approximate surface area is 167 Å². The number of aryl methyl sites for hydroxylation is 2. The highest BCUT2D eigenvalue weighted by atomic mass is 32.2. The third-order valence-electron chi connectivity index (χ3n) is 4.14. The zero-order valence-electron chi connectivity index (χ0n) is 15.7. The van der Waals surface area contributed by atoms with Gasteiger partial charge in [0, 0.05) is 41.0 Å². The topological polar surface area (TPSA) is 117 Å². The molecule has 3 aromatic heterocycles.